The Hall–Kier alpha value is -1.26. The number of rotatable bonds is 5. The molecule has 0 amide bonds. The Balaban J connectivity index is 1.78. The van der Waals surface area contributed by atoms with Gasteiger partial charge in [0.05, 0.1) is 0 Å². The molecule has 0 N–H and O–H groups in total. The van der Waals surface area contributed by atoms with Crippen LogP contribution in [0.15, 0.2) is 24.3 Å². The van der Waals surface area contributed by atoms with Gasteiger partial charge in [0.1, 0.15) is 5.82 Å². The number of nitrogens with zero attached hydrogens (tertiary/aromatic N) is 2. The van der Waals surface area contributed by atoms with E-state index in [0.29, 0.717) is 6.42 Å². The lowest BCUT2D eigenvalue weighted by atomic mass is 10.2. The molecule has 1 aliphatic heterocycles. The Kier molecular flexibility index (Phi) is 4.84. The van der Waals surface area contributed by atoms with E-state index < -0.39 is 0 Å². The van der Waals surface area contributed by atoms with Gasteiger partial charge >= 0.3 is 0 Å². The predicted octanol–water partition coefficient (Wildman–Crippen LogP) is 1.44. The summed E-state index contributed by atoms with van der Waals surface area (Å²) in [4.78, 5) is 14.8. The van der Waals surface area contributed by atoms with Crippen LogP contribution in [0, 0.1) is 5.82 Å². The summed E-state index contributed by atoms with van der Waals surface area (Å²) in [5, 5.41) is 0. The van der Waals surface area contributed by atoms with Crippen molar-refractivity contribution >= 4 is 6.29 Å². The van der Waals surface area contributed by atoms with Crippen LogP contribution >= 0.6 is 0 Å². The molecule has 0 bridgehead atoms. The molecule has 0 atom stereocenters. The van der Waals surface area contributed by atoms with E-state index in [4.69, 9.17) is 0 Å². The zero-order valence-electron chi connectivity index (χ0n) is 10.4. The van der Waals surface area contributed by atoms with Gasteiger partial charge in [0.15, 0.2) is 6.29 Å². The van der Waals surface area contributed by atoms with E-state index in [2.05, 4.69) is 9.80 Å². The van der Waals surface area contributed by atoms with Gasteiger partial charge in [0.25, 0.3) is 0 Å². The topological polar surface area (TPSA) is 23.6 Å². The lowest BCUT2D eigenvalue weighted by molar-refractivity contribution is 0.129. The van der Waals surface area contributed by atoms with Crippen LogP contribution in [-0.2, 0) is 11.3 Å². The van der Waals surface area contributed by atoms with Crippen LogP contribution in [0.4, 0.5) is 4.39 Å². The minimum absolute atomic E-state index is 0.173. The third-order valence-electron chi connectivity index (χ3n) is 3.29. The fourth-order valence-corrected chi connectivity index (χ4v) is 2.27. The van der Waals surface area contributed by atoms with E-state index in [1.807, 2.05) is 12.4 Å². The van der Waals surface area contributed by atoms with Gasteiger partial charge in [-0.3, -0.25) is 9.69 Å². The molecular formula is C14H18FN2O. The Labute approximate surface area is 107 Å². The lowest BCUT2D eigenvalue weighted by Gasteiger charge is -2.34. The van der Waals surface area contributed by atoms with Crippen LogP contribution in [-0.4, -0.2) is 48.8 Å². The van der Waals surface area contributed by atoms with Crippen molar-refractivity contribution in [3.8, 4) is 0 Å². The first-order chi connectivity index (χ1) is 8.78. The molecule has 2 rings (SSSR count). The summed E-state index contributed by atoms with van der Waals surface area (Å²) in [7, 11) is 0. The Morgan fingerprint density at radius 2 is 1.89 bits per heavy atom. The van der Waals surface area contributed by atoms with Crippen molar-refractivity contribution in [2.24, 2.45) is 0 Å². The Morgan fingerprint density at radius 3 is 2.56 bits per heavy atom. The van der Waals surface area contributed by atoms with E-state index >= 15 is 0 Å². The molecule has 1 fully saturated rings. The van der Waals surface area contributed by atoms with Crippen molar-refractivity contribution in [1.82, 2.24) is 9.80 Å². The molecule has 18 heavy (non-hydrogen) atoms. The second-order valence-electron chi connectivity index (χ2n) is 4.64. The van der Waals surface area contributed by atoms with Crippen LogP contribution in [0.1, 0.15) is 12.0 Å². The number of halogens is 1. The van der Waals surface area contributed by atoms with Crippen LogP contribution in [0.5, 0.6) is 0 Å². The minimum Gasteiger partial charge on any atom is -0.300 e. The standard InChI is InChI=1S/C14H18FN2O/c15-14-4-1-3-13(11-14)12-17-8-6-16(7-9-17)5-2-10-18/h1,3-4,11H,2,5-9,12H2. The first-order valence-corrected chi connectivity index (χ1v) is 6.32. The van der Waals surface area contributed by atoms with E-state index in [1.54, 1.807) is 12.1 Å². The lowest BCUT2D eigenvalue weighted by Crippen LogP contribution is -2.46. The van der Waals surface area contributed by atoms with Gasteiger partial charge in [-0.1, -0.05) is 12.1 Å². The highest BCUT2D eigenvalue weighted by Gasteiger charge is 2.16. The zero-order chi connectivity index (χ0) is 12.8. The van der Waals surface area contributed by atoms with E-state index in [1.165, 1.54) is 6.07 Å². The van der Waals surface area contributed by atoms with E-state index in [0.717, 1.165) is 44.8 Å². The van der Waals surface area contributed by atoms with E-state index in [9.17, 15) is 9.18 Å². The predicted molar refractivity (Wildman–Crippen MR) is 68.4 cm³/mol. The zero-order valence-corrected chi connectivity index (χ0v) is 10.4. The van der Waals surface area contributed by atoms with Gasteiger partial charge in [-0.05, 0) is 17.7 Å². The minimum atomic E-state index is -0.173. The average Bonchev–Trinajstić information content (AvgIpc) is 2.38. The molecule has 0 aromatic heterocycles. The largest absolute Gasteiger partial charge is 0.300 e. The molecule has 1 aromatic carbocycles. The smallest absolute Gasteiger partial charge is 0.199 e. The number of piperazine rings is 1. The highest BCUT2D eigenvalue weighted by molar-refractivity contribution is 5.50. The molecule has 1 heterocycles. The van der Waals surface area contributed by atoms with Crippen LogP contribution in [0.25, 0.3) is 0 Å². The van der Waals surface area contributed by atoms with Gasteiger partial charge in [-0.15, -0.1) is 0 Å². The molecule has 0 aliphatic carbocycles. The molecule has 3 nitrogen and oxygen atoms in total. The van der Waals surface area contributed by atoms with Crippen molar-refractivity contribution < 1.29 is 9.18 Å². The second-order valence-corrected chi connectivity index (χ2v) is 4.64. The molecule has 97 valence electrons. The molecule has 0 spiro atoms. The SMILES string of the molecule is O=[C]CCN1CCN(Cc2cccc(F)c2)CC1. The number of hydrogen-bond acceptors (Lipinski definition) is 3. The molecule has 0 saturated carbocycles. The first kappa shape index (κ1) is 13.2. The highest BCUT2D eigenvalue weighted by Crippen LogP contribution is 2.10. The third-order valence-corrected chi connectivity index (χ3v) is 3.29. The molecule has 1 radical (unpaired) electrons. The number of benzene rings is 1. The summed E-state index contributed by atoms with van der Waals surface area (Å²) in [5.41, 5.74) is 1.02. The van der Waals surface area contributed by atoms with Gasteiger partial charge < -0.3 is 4.90 Å². The summed E-state index contributed by atoms with van der Waals surface area (Å²) < 4.78 is 13.1. The molecule has 0 unspecified atom stereocenters. The average molecular weight is 249 g/mol. The van der Waals surface area contributed by atoms with Crippen molar-refractivity contribution in [3.63, 3.8) is 0 Å². The fourth-order valence-electron chi connectivity index (χ4n) is 2.27. The van der Waals surface area contributed by atoms with Gasteiger partial charge in [0, 0.05) is 45.7 Å². The quantitative estimate of drug-likeness (QED) is 0.789. The summed E-state index contributed by atoms with van der Waals surface area (Å²) in [6.45, 7) is 5.47. The van der Waals surface area contributed by atoms with E-state index in [-0.39, 0.29) is 5.82 Å². The van der Waals surface area contributed by atoms with Crippen molar-refractivity contribution in [2.45, 2.75) is 13.0 Å². The summed E-state index contributed by atoms with van der Waals surface area (Å²) in [5.74, 6) is -0.173. The van der Waals surface area contributed by atoms with Crippen LogP contribution < -0.4 is 0 Å². The van der Waals surface area contributed by atoms with Gasteiger partial charge in [-0.2, -0.15) is 0 Å². The normalized spacial score (nSPS) is 17.8. The molecule has 1 aliphatic rings. The summed E-state index contributed by atoms with van der Waals surface area (Å²) in [6.07, 6.45) is 2.42. The second kappa shape index (κ2) is 6.61. The van der Waals surface area contributed by atoms with Crippen molar-refractivity contribution in [3.05, 3.63) is 35.6 Å². The Bertz CT molecular complexity index is 389. The number of carbonyl (C=O) groups excluding carboxylic acids is 1. The Morgan fingerprint density at radius 1 is 1.17 bits per heavy atom. The maximum atomic E-state index is 13.1. The van der Waals surface area contributed by atoms with Gasteiger partial charge in [-0.25, -0.2) is 4.39 Å². The number of hydrogen-bond donors (Lipinski definition) is 0. The maximum absolute atomic E-state index is 13.1. The highest BCUT2D eigenvalue weighted by atomic mass is 19.1. The molecule has 4 heteroatoms. The maximum Gasteiger partial charge on any atom is 0.199 e. The van der Waals surface area contributed by atoms with Crippen molar-refractivity contribution in [2.75, 3.05) is 32.7 Å². The van der Waals surface area contributed by atoms with Gasteiger partial charge in [0.2, 0.25) is 0 Å². The fraction of sp³-hybridized carbons (Fsp3) is 0.500. The summed E-state index contributed by atoms with van der Waals surface area (Å²) in [6, 6.07) is 6.77. The van der Waals surface area contributed by atoms with Crippen molar-refractivity contribution in [1.29, 1.82) is 0 Å². The monoisotopic (exact) mass is 249 g/mol. The molecule has 1 saturated heterocycles. The summed E-state index contributed by atoms with van der Waals surface area (Å²) >= 11 is 0. The van der Waals surface area contributed by atoms with Crippen LogP contribution in [0.3, 0.4) is 0 Å². The first-order valence-electron chi connectivity index (χ1n) is 6.32. The molecular weight excluding hydrogens is 231 g/mol. The molecule has 1 aromatic rings. The van der Waals surface area contributed by atoms with Crippen LogP contribution in [0.2, 0.25) is 0 Å². The third kappa shape index (κ3) is 3.89.